The number of hydrogen-bond donors (Lipinski definition) is 1. The van der Waals surface area contributed by atoms with Gasteiger partial charge in [0.25, 0.3) is 0 Å². The summed E-state index contributed by atoms with van der Waals surface area (Å²) in [4.78, 5) is 0. The Morgan fingerprint density at radius 1 is 1.13 bits per heavy atom. The van der Waals surface area contributed by atoms with Crippen molar-refractivity contribution in [2.24, 2.45) is 5.50 Å². The molecule has 2 N–H and O–H groups in total. The van der Waals surface area contributed by atoms with Crippen LogP contribution in [0.4, 0.5) is 0 Å². The summed E-state index contributed by atoms with van der Waals surface area (Å²) in [5.41, 5.74) is 5.16. The second-order valence-corrected chi connectivity index (χ2v) is 5.73. The predicted octanol–water partition coefficient (Wildman–Crippen LogP) is 3.52. The van der Waals surface area contributed by atoms with Crippen LogP contribution in [-0.2, 0) is 4.57 Å². The molecular weight excluding hydrogens is 233 g/mol. The average Bonchev–Trinajstić information content (AvgIpc) is 2.16. The van der Waals surface area contributed by atoms with E-state index < -0.39 is 6.87 Å². The average molecular weight is 242 g/mol. The minimum absolute atomic E-state index is 0.439. The van der Waals surface area contributed by atoms with E-state index in [0.29, 0.717) is 5.75 Å². The highest BCUT2D eigenvalue weighted by atomic mass is 35.7. The van der Waals surface area contributed by atoms with E-state index in [4.69, 9.17) is 21.3 Å². The molecular formula is C10H9ClNO2P. The van der Waals surface area contributed by atoms with Crippen LogP contribution in [0.1, 0.15) is 0 Å². The second-order valence-electron chi connectivity index (χ2n) is 3.09. The first-order valence-corrected chi connectivity index (χ1v) is 6.92. The molecule has 0 saturated carbocycles. The summed E-state index contributed by atoms with van der Waals surface area (Å²) < 4.78 is 16.2. The van der Waals surface area contributed by atoms with Gasteiger partial charge in [-0.05, 0) is 11.5 Å². The lowest BCUT2D eigenvalue weighted by atomic mass is 10.1. The van der Waals surface area contributed by atoms with Crippen LogP contribution in [0.2, 0.25) is 0 Å². The molecule has 1 atom stereocenters. The van der Waals surface area contributed by atoms with Crippen LogP contribution in [0.5, 0.6) is 5.75 Å². The quantitative estimate of drug-likeness (QED) is 0.819. The molecule has 15 heavy (non-hydrogen) atoms. The summed E-state index contributed by atoms with van der Waals surface area (Å²) in [7, 11) is 0. The number of halogens is 1. The largest absolute Gasteiger partial charge is 0.422 e. The van der Waals surface area contributed by atoms with Crippen LogP contribution in [0.15, 0.2) is 42.5 Å². The third-order valence-electron chi connectivity index (χ3n) is 1.97. The Labute approximate surface area is 92.1 Å². The van der Waals surface area contributed by atoms with Gasteiger partial charge in [0.05, 0.1) is 0 Å². The fraction of sp³-hybridized carbons (Fsp3) is 0. The molecule has 0 fully saturated rings. The third kappa shape index (κ3) is 2.51. The highest BCUT2D eigenvalue weighted by Gasteiger charge is 2.14. The van der Waals surface area contributed by atoms with Gasteiger partial charge in [0.15, 0.2) is 0 Å². The van der Waals surface area contributed by atoms with Gasteiger partial charge in [-0.3, -0.25) is 0 Å². The minimum atomic E-state index is -3.52. The zero-order valence-electron chi connectivity index (χ0n) is 7.76. The zero-order valence-corrected chi connectivity index (χ0v) is 9.41. The molecule has 0 saturated heterocycles. The van der Waals surface area contributed by atoms with E-state index in [1.165, 1.54) is 0 Å². The molecule has 0 bridgehead atoms. The van der Waals surface area contributed by atoms with Gasteiger partial charge in [-0.25, -0.2) is 10.1 Å². The molecule has 1 unspecified atom stereocenters. The summed E-state index contributed by atoms with van der Waals surface area (Å²) in [5, 5.41) is 1.83. The smallest absolute Gasteiger partial charge is 0.406 e. The minimum Gasteiger partial charge on any atom is -0.422 e. The molecule has 0 aliphatic rings. The van der Waals surface area contributed by atoms with Crippen LogP contribution in [-0.4, -0.2) is 0 Å². The van der Waals surface area contributed by atoms with E-state index in [0.717, 1.165) is 10.8 Å². The van der Waals surface area contributed by atoms with E-state index in [1.54, 1.807) is 12.1 Å². The zero-order chi connectivity index (χ0) is 10.9. The second kappa shape index (κ2) is 3.86. The standard InChI is InChI=1S/C10H9ClNO2P/c11-15(12,13)14-10-7-3-5-8-4-1-2-6-9(8)10/h1-7H,(H2,12,13). The Kier molecular flexibility index (Phi) is 2.70. The first-order valence-electron chi connectivity index (χ1n) is 4.32. The molecule has 0 spiro atoms. The van der Waals surface area contributed by atoms with Crippen LogP contribution < -0.4 is 10.0 Å². The number of nitrogens with two attached hydrogens (primary N) is 1. The number of benzene rings is 2. The van der Waals surface area contributed by atoms with E-state index >= 15 is 0 Å². The Balaban J connectivity index is 2.56. The van der Waals surface area contributed by atoms with Crippen molar-refractivity contribution in [2.45, 2.75) is 0 Å². The first-order chi connectivity index (χ1) is 7.06. The van der Waals surface area contributed by atoms with Crippen LogP contribution >= 0.6 is 18.1 Å². The summed E-state index contributed by atoms with van der Waals surface area (Å²) in [6.45, 7) is -3.52. The molecule has 0 aromatic heterocycles. The normalized spacial score (nSPS) is 14.8. The number of rotatable bonds is 2. The molecule has 0 aliphatic heterocycles. The van der Waals surface area contributed by atoms with Crippen LogP contribution in [0, 0.1) is 0 Å². The molecule has 0 aliphatic carbocycles. The van der Waals surface area contributed by atoms with Gasteiger partial charge < -0.3 is 4.52 Å². The monoisotopic (exact) mass is 241 g/mol. The Morgan fingerprint density at radius 2 is 1.80 bits per heavy atom. The summed E-state index contributed by atoms with van der Waals surface area (Å²) in [6, 6.07) is 13.0. The first kappa shape index (κ1) is 10.5. The number of hydrogen-bond acceptors (Lipinski definition) is 2. The topological polar surface area (TPSA) is 52.3 Å². The van der Waals surface area contributed by atoms with Crippen molar-refractivity contribution in [3.63, 3.8) is 0 Å². The van der Waals surface area contributed by atoms with Crippen LogP contribution in [0.25, 0.3) is 10.8 Å². The Hall–Kier alpha value is -1.02. The van der Waals surface area contributed by atoms with E-state index in [1.807, 2.05) is 30.3 Å². The fourth-order valence-electron chi connectivity index (χ4n) is 1.41. The van der Waals surface area contributed by atoms with Gasteiger partial charge in [0.1, 0.15) is 5.75 Å². The molecule has 5 heteroatoms. The van der Waals surface area contributed by atoms with Gasteiger partial charge >= 0.3 is 6.87 Å². The van der Waals surface area contributed by atoms with Gasteiger partial charge in [-0.2, -0.15) is 0 Å². The lowest BCUT2D eigenvalue weighted by Crippen LogP contribution is -1.96. The van der Waals surface area contributed by atoms with Crippen molar-refractivity contribution >= 4 is 28.9 Å². The van der Waals surface area contributed by atoms with Crippen molar-refractivity contribution in [1.29, 1.82) is 0 Å². The van der Waals surface area contributed by atoms with E-state index in [-0.39, 0.29) is 0 Å². The molecule has 2 aromatic rings. The predicted molar refractivity (Wildman–Crippen MR) is 62.2 cm³/mol. The van der Waals surface area contributed by atoms with Crippen LogP contribution in [0.3, 0.4) is 0 Å². The van der Waals surface area contributed by atoms with Gasteiger partial charge in [-0.1, -0.05) is 36.4 Å². The van der Waals surface area contributed by atoms with E-state index in [2.05, 4.69) is 0 Å². The van der Waals surface area contributed by atoms with Crippen molar-refractivity contribution in [1.82, 2.24) is 0 Å². The maximum atomic E-state index is 11.1. The lowest BCUT2D eigenvalue weighted by molar-refractivity contribution is 0.502. The van der Waals surface area contributed by atoms with Crippen molar-refractivity contribution in [3.05, 3.63) is 42.5 Å². The molecule has 2 rings (SSSR count). The molecule has 0 amide bonds. The molecule has 0 radical (unpaired) electrons. The van der Waals surface area contributed by atoms with Gasteiger partial charge in [0, 0.05) is 16.6 Å². The Bertz CT molecular complexity index is 532. The number of fused-ring (bicyclic) bond motifs is 1. The maximum Gasteiger partial charge on any atom is 0.406 e. The maximum absolute atomic E-state index is 11.1. The van der Waals surface area contributed by atoms with Crippen molar-refractivity contribution < 1.29 is 9.09 Å². The molecule has 78 valence electrons. The lowest BCUT2D eigenvalue weighted by Gasteiger charge is -2.09. The Morgan fingerprint density at radius 3 is 2.53 bits per heavy atom. The molecule has 2 aromatic carbocycles. The van der Waals surface area contributed by atoms with Crippen molar-refractivity contribution in [2.75, 3.05) is 0 Å². The summed E-state index contributed by atoms with van der Waals surface area (Å²) in [6.07, 6.45) is 0. The summed E-state index contributed by atoms with van der Waals surface area (Å²) >= 11 is 5.38. The highest BCUT2D eigenvalue weighted by Crippen LogP contribution is 2.45. The molecule has 3 nitrogen and oxygen atoms in total. The molecule has 0 heterocycles. The third-order valence-corrected chi connectivity index (χ3v) is 2.63. The highest BCUT2D eigenvalue weighted by molar-refractivity contribution is 7.83. The van der Waals surface area contributed by atoms with Crippen molar-refractivity contribution in [3.8, 4) is 5.75 Å². The SMILES string of the molecule is NP(=O)(Cl)Oc1cccc2ccccc12. The summed E-state index contributed by atoms with van der Waals surface area (Å²) in [5.74, 6) is 0.439. The fourth-order valence-corrected chi connectivity index (χ4v) is 2.06. The van der Waals surface area contributed by atoms with Gasteiger partial charge in [-0.15, -0.1) is 0 Å². The van der Waals surface area contributed by atoms with E-state index in [9.17, 15) is 4.57 Å². The van der Waals surface area contributed by atoms with Gasteiger partial charge in [0.2, 0.25) is 0 Å².